The average molecular weight is 816 g/mol. The number of hydrogen-bond donors (Lipinski definition) is 4. The number of quaternary nitrogens is 1. The van der Waals surface area contributed by atoms with Gasteiger partial charge in [-0.3, -0.25) is 24.2 Å². The molecular weight excluding hydrogens is 780 g/mol. The van der Waals surface area contributed by atoms with Gasteiger partial charge in [-0.05, 0) is 18.2 Å². The number of carbonyl (C=O) groups is 5. The molecule has 4 amide bonds. The molecule has 2 aromatic rings. The number of anilines is 3. The van der Waals surface area contributed by atoms with Crippen LogP contribution in [0.5, 0.6) is 0 Å². The highest BCUT2D eigenvalue weighted by Gasteiger charge is 2.55. The van der Waals surface area contributed by atoms with Crippen LogP contribution in [-0.2, 0) is 28.8 Å². The van der Waals surface area contributed by atoms with Gasteiger partial charge in [0.05, 0.1) is 57.7 Å². The van der Waals surface area contributed by atoms with Crippen LogP contribution >= 0.6 is 46.3 Å². The molecule has 3 saturated heterocycles. The number of thioether (sulfide) groups is 1. The molecule has 4 aliphatic rings. The summed E-state index contributed by atoms with van der Waals surface area (Å²) in [5.41, 5.74) is 6.84. The summed E-state index contributed by atoms with van der Waals surface area (Å²) in [6.45, 7) is 2.46. The molecule has 284 valence electrons. The number of nitrogen functional groups attached to an aromatic ring is 1. The lowest BCUT2D eigenvalue weighted by molar-refractivity contribution is -0.905. The number of halogens is 3. The van der Waals surface area contributed by atoms with Crippen molar-refractivity contribution in [3.05, 3.63) is 46.4 Å². The maximum absolute atomic E-state index is 15.5. The molecule has 22 heteroatoms. The normalized spacial score (nSPS) is 22.7. The number of rotatable bonds is 12. The summed E-state index contributed by atoms with van der Waals surface area (Å²) in [6.07, 6.45) is -1.35. The van der Waals surface area contributed by atoms with E-state index in [1.54, 1.807) is 12.1 Å². The number of cyclic esters (lactones) is 1. The molecule has 53 heavy (non-hydrogen) atoms. The smallest absolute Gasteiger partial charge is 0.414 e. The minimum Gasteiger partial charge on any atom is -0.477 e. The van der Waals surface area contributed by atoms with Gasteiger partial charge in [0.15, 0.2) is 15.7 Å². The first-order chi connectivity index (χ1) is 25.2. The number of amides is 4. The number of carboxylic acid groups (broad SMARTS) is 1. The highest BCUT2D eigenvalue weighted by Crippen LogP contribution is 2.41. The number of aromatic nitrogens is 1. The second-order valence-electron chi connectivity index (χ2n) is 12.8. The molecule has 1 aromatic heterocycles. The minimum atomic E-state index is -1.26. The van der Waals surface area contributed by atoms with Crippen LogP contribution in [0.1, 0.15) is 5.69 Å². The number of alkyl halides is 2. The standard InChI is InChI=1S/C31H34Cl2FN9O8S2/c1-43(7-5-40(6-8-43)20-4-3-16(9-18(20)34)41-11-17(51-31(41)49)10-36-26(45)24(32)33)12-15-13-52-28-22(27(46)42(28)23(15)29(47)48)38-25(44)21(39-50-2)19-14-53-30(35)37-19/h3-4,9,14,17,22,24,28H,5-8,10-13H2,1-2H3,(H4-,35,36,37,38,44,45,47,48)/p+1/b39-21-/t17-,22+,28?/m0/s1. The second kappa shape index (κ2) is 15.5. The van der Waals surface area contributed by atoms with Crippen molar-refractivity contribution in [3.63, 3.8) is 0 Å². The largest absolute Gasteiger partial charge is 0.477 e. The molecule has 0 bridgehead atoms. The van der Waals surface area contributed by atoms with E-state index >= 15 is 4.39 Å². The molecule has 3 fully saturated rings. The van der Waals surface area contributed by atoms with Gasteiger partial charge in [-0.25, -0.2) is 19.0 Å². The van der Waals surface area contributed by atoms with Gasteiger partial charge in [-0.1, -0.05) is 28.4 Å². The van der Waals surface area contributed by atoms with E-state index < -0.39 is 58.0 Å². The Morgan fingerprint density at radius 3 is 2.62 bits per heavy atom. The monoisotopic (exact) mass is 814 g/mol. The van der Waals surface area contributed by atoms with Crippen LogP contribution in [0.2, 0.25) is 0 Å². The first-order valence-corrected chi connectivity index (χ1v) is 18.9. The van der Waals surface area contributed by atoms with Gasteiger partial charge in [0, 0.05) is 16.7 Å². The number of oxime groups is 1. The number of fused-ring (bicyclic) bond motifs is 1. The van der Waals surface area contributed by atoms with Gasteiger partial charge >= 0.3 is 12.1 Å². The number of carboxylic acids is 1. The topological polar surface area (TPSA) is 209 Å². The number of piperazine rings is 1. The van der Waals surface area contributed by atoms with Gasteiger partial charge < -0.3 is 40.4 Å². The van der Waals surface area contributed by atoms with Crippen molar-refractivity contribution in [2.24, 2.45) is 5.16 Å². The third kappa shape index (κ3) is 7.96. The van der Waals surface area contributed by atoms with E-state index in [9.17, 15) is 29.1 Å². The Bertz CT molecular complexity index is 1890. The summed E-state index contributed by atoms with van der Waals surface area (Å²) >= 11 is 13.5. The lowest BCUT2D eigenvalue weighted by Gasteiger charge is -2.50. The Morgan fingerprint density at radius 2 is 2.00 bits per heavy atom. The zero-order valence-electron chi connectivity index (χ0n) is 28.3. The zero-order valence-corrected chi connectivity index (χ0v) is 31.4. The van der Waals surface area contributed by atoms with Crippen LogP contribution in [0, 0.1) is 5.82 Å². The van der Waals surface area contributed by atoms with Gasteiger partial charge in [0.25, 0.3) is 17.7 Å². The van der Waals surface area contributed by atoms with Crippen LogP contribution in [0.4, 0.5) is 25.7 Å². The van der Waals surface area contributed by atoms with Crippen LogP contribution in [0.15, 0.2) is 40.0 Å². The molecule has 17 nitrogen and oxygen atoms in total. The van der Waals surface area contributed by atoms with Crippen LogP contribution in [-0.4, -0.2) is 143 Å². The predicted molar refractivity (Wildman–Crippen MR) is 195 cm³/mol. The van der Waals surface area contributed by atoms with E-state index in [0.717, 1.165) is 11.3 Å². The summed E-state index contributed by atoms with van der Waals surface area (Å²) < 4.78 is 21.2. The van der Waals surface area contributed by atoms with E-state index in [4.69, 9.17) is 38.5 Å². The Kier molecular flexibility index (Phi) is 11.2. The number of β-lactam (4-membered cyclic amide) rings is 1. The van der Waals surface area contributed by atoms with Crippen LogP contribution in [0.3, 0.4) is 0 Å². The van der Waals surface area contributed by atoms with Gasteiger partial charge in [0.1, 0.15) is 48.4 Å². The van der Waals surface area contributed by atoms with Crippen molar-refractivity contribution in [1.82, 2.24) is 20.5 Å². The highest BCUT2D eigenvalue weighted by molar-refractivity contribution is 8.00. The number of carbonyl (C=O) groups excluding carboxylic acids is 4. The van der Waals surface area contributed by atoms with Crippen molar-refractivity contribution >= 4 is 98.3 Å². The first kappa shape index (κ1) is 38.4. The average Bonchev–Trinajstić information content (AvgIpc) is 3.72. The fourth-order valence-corrected chi connectivity index (χ4v) is 8.60. The van der Waals surface area contributed by atoms with Crippen molar-refractivity contribution in [1.29, 1.82) is 0 Å². The maximum Gasteiger partial charge on any atom is 0.414 e. The van der Waals surface area contributed by atoms with Gasteiger partial charge in [0.2, 0.25) is 0 Å². The van der Waals surface area contributed by atoms with E-state index in [1.165, 1.54) is 40.1 Å². The third-order valence-electron chi connectivity index (χ3n) is 9.25. The Balaban J connectivity index is 1.07. The zero-order chi connectivity index (χ0) is 38.2. The fraction of sp³-hybridized carbons (Fsp3) is 0.452. The number of aliphatic carboxylic acids is 1. The van der Waals surface area contributed by atoms with E-state index in [2.05, 4.69) is 20.8 Å². The number of thiazole rings is 1. The van der Waals surface area contributed by atoms with Crippen molar-refractivity contribution in [2.45, 2.75) is 22.4 Å². The fourth-order valence-electron chi connectivity index (χ4n) is 6.56. The summed E-state index contributed by atoms with van der Waals surface area (Å²) in [6, 6.07) is 3.48. The van der Waals surface area contributed by atoms with Crippen LogP contribution in [0.25, 0.3) is 0 Å². The Labute approximate surface area is 320 Å². The molecular formula is C31H35Cl2FN9O8S2+. The number of nitrogens with zero attached hydrogens (tertiary/aromatic N) is 6. The molecule has 0 radical (unpaired) electrons. The quantitative estimate of drug-likeness (QED) is 0.0783. The number of nitrogens with two attached hydrogens (primary N) is 1. The second-order valence-corrected chi connectivity index (χ2v) is 15.9. The molecule has 0 spiro atoms. The molecule has 5 N–H and O–H groups in total. The molecule has 0 saturated carbocycles. The minimum absolute atomic E-state index is 0.00365. The predicted octanol–water partition coefficient (Wildman–Crippen LogP) is 1.17. The summed E-state index contributed by atoms with van der Waals surface area (Å²) in [5.74, 6) is -3.35. The lowest BCUT2D eigenvalue weighted by Crippen LogP contribution is -2.71. The Hall–Kier alpha value is -4.37. The van der Waals surface area contributed by atoms with E-state index in [1.807, 2.05) is 11.9 Å². The molecule has 0 aliphatic carbocycles. The molecule has 5 heterocycles. The molecule has 6 rings (SSSR count). The number of hydrogen-bond acceptors (Lipinski definition) is 13. The van der Waals surface area contributed by atoms with Crippen molar-refractivity contribution in [2.75, 3.05) is 81.3 Å². The van der Waals surface area contributed by atoms with E-state index in [-0.39, 0.29) is 35.3 Å². The number of benzene rings is 1. The van der Waals surface area contributed by atoms with Crippen LogP contribution < -0.4 is 26.2 Å². The summed E-state index contributed by atoms with van der Waals surface area (Å²) in [4.78, 5) is 75.1. The van der Waals surface area contributed by atoms with Gasteiger partial charge in [-0.15, -0.1) is 23.1 Å². The molecule has 3 atom stereocenters. The van der Waals surface area contributed by atoms with E-state index in [0.29, 0.717) is 59.9 Å². The first-order valence-electron chi connectivity index (χ1n) is 16.1. The lowest BCUT2D eigenvalue weighted by atomic mass is 10.0. The third-order valence-corrected chi connectivity index (χ3v) is 11.7. The SMILES string of the molecule is CO/N=C(\C(=O)N[C@@H]1C(=O)N2C(C(=O)O)=C(C[N+]3(C)CCN(c4ccc(N5C[C@H](CNC(=O)C(Cl)Cl)OC5=O)cc4F)CC3)CSC12)c1csc(N)n1. The maximum atomic E-state index is 15.5. The summed E-state index contributed by atoms with van der Waals surface area (Å²) in [7, 11) is 3.25. The van der Waals surface area contributed by atoms with Gasteiger partial charge in [-0.2, -0.15) is 0 Å². The Morgan fingerprint density at radius 1 is 1.26 bits per heavy atom. The highest BCUT2D eigenvalue weighted by atomic mass is 35.5. The number of nitrogens with one attached hydrogen (secondary N) is 2. The summed E-state index contributed by atoms with van der Waals surface area (Å²) in [5, 5.41) is 20.2. The number of likely N-dealkylation sites (N-methyl/N-ethyl adjacent to an activating group) is 1. The molecule has 4 aliphatic heterocycles. The molecule has 1 unspecified atom stereocenters. The number of ether oxygens (including phenoxy) is 1. The molecule has 1 aromatic carbocycles. The van der Waals surface area contributed by atoms with Crippen molar-refractivity contribution in [3.8, 4) is 0 Å². The van der Waals surface area contributed by atoms with Crippen molar-refractivity contribution < 1.29 is 47.5 Å².